The molecule has 3 rings (SSSR count). The highest BCUT2D eigenvalue weighted by atomic mass is 79.9. The summed E-state index contributed by atoms with van der Waals surface area (Å²) in [6.45, 7) is 3.06. The lowest BCUT2D eigenvalue weighted by molar-refractivity contribution is -0.139. The largest absolute Gasteiger partial charge is 0.354 e. The van der Waals surface area contributed by atoms with Gasteiger partial charge in [0.15, 0.2) is 0 Å². The molecule has 0 fully saturated rings. The summed E-state index contributed by atoms with van der Waals surface area (Å²) in [6.07, 6.45) is 2.35. The van der Waals surface area contributed by atoms with E-state index in [4.69, 9.17) is 11.6 Å². The van der Waals surface area contributed by atoms with Crippen LogP contribution in [0, 0.1) is 0 Å². The van der Waals surface area contributed by atoms with Gasteiger partial charge in [0.25, 0.3) is 0 Å². The van der Waals surface area contributed by atoms with E-state index >= 15 is 0 Å². The van der Waals surface area contributed by atoms with E-state index in [9.17, 15) is 9.59 Å². The molecule has 2 amide bonds. The van der Waals surface area contributed by atoms with Gasteiger partial charge in [-0.05, 0) is 47.4 Å². The van der Waals surface area contributed by atoms with Crippen molar-refractivity contribution in [1.29, 1.82) is 0 Å². The van der Waals surface area contributed by atoms with Crippen LogP contribution in [-0.4, -0.2) is 35.1 Å². The number of unbranched alkanes of at least 4 members (excludes halogenated alkanes) is 1. The second kappa shape index (κ2) is 15.1. The summed E-state index contributed by atoms with van der Waals surface area (Å²) in [5.74, 6) is 0.773. The fraction of sp³-hybridized carbons (Fsp3) is 0.310. The van der Waals surface area contributed by atoms with Crippen LogP contribution in [0.2, 0.25) is 5.02 Å². The lowest BCUT2D eigenvalue weighted by atomic mass is 10.0. The number of halogens is 2. The van der Waals surface area contributed by atoms with Crippen molar-refractivity contribution in [3.05, 3.63) is 105 Å². The standard InChI is InChI=1S/C29H32BrClN2O2S/c1-2-3-16-32-29(35)27(18-22-8-5-4-6-9-22)33(19-23-12-14-25(30)15-13-23)28(34)21-36-20-24-10-7-11-26(31)17-24/h4-15,17,27H,2-3,16,18-21H2,1H3,(H,32,35)/t27-/m1/s1. The predicted octanol–water partition coefficient (Wildman–Crippen LogP) is 6.89. The molecular formula is C29H32BrClN2O2S. The molecule has 0 radical (unpaired) electrons. The molecule has 0 aliphatic rings. The van der Waals surface area contributed by atoms with Crippen LogP contribution in [0.3, 0.4) is 0 Å². The minimum Gasteiger partial charge on any atom is -0.354 e. The first-order valence-corrected chi connectivity index (χ1v) is 14.5. The number of thioether (sulfide) groups is 1. The highest BCUT2D eigenvalue weighted by molar-refractivity contribution is 9.10. The molecule has 4 nitrogen and oxygen atoms in total. The van der Waals surface area contributed by atoms with Gasteiger partial charge in [0.05, 0.1) is 5.75 Å². The Morgan fingerprint density at radius 3 is 2.39 bits per heavy atom. The van der Waals surface area contributed by atoms with Gasteiger partial charge in [-0.3, -0.25) is 9.59 Å². The normalized spacial score (nSPS) is 11.6. The van der Waals surface area contributed by atoms with Crippen molar-refractivity contribution in [2.45, 2.75) is 44.5 Å². The predicted molar refractivity (Wildman–Crippen MR) is 154 cm³/mol. The SMILES string of the molecule is CCCCNC(=O)[C@@H](Cc1ccccc1)N(Cc1ccc(Br)cc1)C(=O)CSCc1cccc(Cl)c1. The minimum absolute atomic E-state index is 0.0588. The first-order chi connectivity index (χ1) is 17.5. The van der Waals surface area contributed by atoms with E-state index in [2.05, 4.69) is 28.2 Å². The van der Waals surface area contributed by atoms with Gasteiger partial charge in [-0.25, -0.2) is 0 Å². The van der Waals surface area contributed by atoms with Crippen LogP contribution in [-0.2, 0) is 28.3 Å². The fourth-order valence-electron chi connectivity index (χ4n) is 3.81. The fourth-order valence-corrected chi connectivity index (χ4v) is 5.15. The molecule has 0 heterocycles. The molecule has 36 heavy (non-hydrogen) atoms. The zero-order chi connectivity index (χ0) is 25.8. The van der Waals surface area contributed by atoms with Gasteiger partial charge in [0.1, 0.15) is 6.04 Å². The highest BCUT2D eigenvalue weighted by Crippen LogP contribution is 2.21. The molecule has 0 bridgehead atoms. The number of carbonyl (C=O) groups excluding carboxylic acids is 2. The van der Waals surface area contributed by atoms with Gasteiger partial charge >= 0.3 is 0 Å². The lowest BCUT2D eigenvalue weighted by Crippen LogP contribution is -2.51. The molecule has 7 heteroatoms. The van der Waals surface area contributed by atoms with Crippen molar-refractivity contribution in [3.8, 4) is 0 Å². The Morgan fingerprint density at radius 2 is 1.69 bits per heavy atom. The molecule has 3 aromatic rings. The first kappa shape index (κ1) is 28.3. The summed E-state index contributed by atoms with van der Waals surface area (Å²) >= 11 is 11.1. The summed E-state index contributed by atoms with van der Waals surface area (Å²) in [5.41, 5.74) is 3.07. The topological polar surface area (TPSA) is 49.4 Å². The molecular weight excluding hydrogens is 556 g/mol. The molecule has 0 aliphatic heterocycles. The molecule has 190 valence electrons. The van der Waals surface area contributed by atoms with Crippen molar-refractivity contribution in [2.24, 2.45) is 0 Å². The summed E-state index contributed by atoms with van der Waals surface area (Å²) in [7, 11) is 0. The maximum Gasteiger partial charge on any atom is 0.243 e. The molecule has 0 aromatic heterocycles. The summed E-state index contributed by atoms with van der Waals surface area (Å²) in [5, 5.41) is 3.74. The number of benzene rings is 3. The highest BCUT2D eigenvalue weighted by Gasteiger charge is 2.30. The second-order valence-electron chi connectivity index (χ2n) is 8.62. The molecule has 1 atom stereocenters. The van der Waals surface area contributed by atoms with Gasteiger partial charge in [0, 0.05) is 34.8 Å². The van der Waals surface area contributed by atoms with Crippen LogP contribution >= 0.6 is 39.3 Å². The Hall–Kier alpha value is -2.28. The van der Waals surface area contributed by atoms with Gasteiger partial charge in [-0.15, -0.1) is 11.8 Å². The number of carbonyl (C=O) groups is 2. The Labute approximate surface area is 231 Å². The maximum absolute atomic E-state index is 13.6. The van der Waals surface area contributed by atoms with E-state index in [1.54, 1.807) is 4.90 Å². The zero-order valence-corrected chi connectivity index (χ0v) is 23.6. The molecule has 0 saturated heterocycles. The Bertz CT molecular complexity index is 1110. The van der Waals surface area contributed by atoms with E-state index in [-0.39, 0.29) is 17.6 Å². The average molecular weight is 588 g/mol. The zero-order valence-electron chi connectivity index (χ0n) is 20.5. The minimum atomic E-state index is -0.604. The molecule has 0 aliphatic carbocycles. The van der Waals surface area contributed by atoms with Crippen molar-refractivity contribution < 1.29 is 9.59 Å². The third kappa shape index (κ3) is 9.30. The third-order valence-corrected chi connectivity index (χ3v) is 7.50. The number of rotatable bonds is 13. The molecule has 0 saturated carbocycles. The van der Waals surface area contributed by atoms with E-state index in [0.29, 0.717) is 30.3 Å². The van der Waals surface area contributed by atoms with E-state index < -0.39 is 6.04 Å². The van der Waals surface area contributed by atoms with Crippen LogP contribution in [0.5, 0.6) is 0 Å². The number of nitrogens with one attached hydrogen (secondary N) is 1. The Balaban J connectivity index is 1.82. The maximum atomic E-state index is 13.6. The van der Waals surface area contributed by atoms with Gasteiger partial charge in [-0.1, -0.05) is 95.5 Å². The summed E-state index contributed by atoms with van der Waals surface area (Å²) in [6, 6.07) is 24.8. The monoisotopic (exact) mass is 586 g/mol. The van der Waals surface area contributed by atoms with E-state index in [0.717, 1.165) is 34.0 Å². The molecule has 1 N–H and O–H groups in total. The number of hydrogen-bond acceptors (Lipinski definition) is 3. The van der Waals surface area contributed by atoms with Crippen LogP contribution in [0.25, 0.3) is 0 Å². The van der Waals surface area contributed by atoms with Crippen molar-refractivity contribution in [2.75, 3.05) is 12.3 Å². The first-order valence-electron chi connectivity index (χ1n) is 12.1. The van der Waals surface area contributed by atoms with Crippen LogP contribution in [0.4, 0.5) is 0 Å². The van der Waals surface area contributed by atoms with Gasteiger partial charge in [0.2, 0.25) is 11.8 Å². The third-order valence-electron chi connectivity index (χ3n) is 5.75. The van der Waals surface area contributed by atoms with Gasteiger partial charge < -0.3 is 10.2 Å². The molecule has 3 aromatic carbocycles. The lowest BCUT2D eigenvalue weighted by Gasteiger charge is -2.31. The smallest absolute Gasteiger partial charge is 0.243 e. The summed E-state index contributed by atoms with van der Waals surface area (Å²) in [4.78, 5) is 28.8. The van der Waals surface area contributed by atoms with Crippen LogP contribution in [0.15, 0.2) is 83.3 Å². The van der Waals surface area contributed by atoms with Crippen molar-refractivity contribution in [3.63, 3.8) is 0 Å². The quantitative estimate of drug-likeness (QED) is 0.222. The van der Waals surface area contributed by atoms with Gasteiger partial charge in [-0.2, -0.15) is 0 Å². The second-order valence-corrected chi connectivity index (χ2v) is 11.0. The number of amides is 2. The van der Waals surface area contributed by atoms with Crippen molar-refractivity contribution >= 4 is 51.1 Å². The van der Waals surface area contributed by atoms with E-state index in [1.165, 1.54) is 11.8 Å². The average Bonchev–Trinajstić information content (AvgIpc) is 2.88. The number of nitrogens with zero attached hydrogens (tertiary/aromatic N) is 1. The van der Waals surface area contributed by atoms with Crippen LogP contribution < -0.4 is 5.32 Å². The summed E-state index contributed by atoms with van der Waals surface area (Å²) < 4.78 is 0.972. The Kier molecular flexibility index (Phi) is 11.9. The molecule has 0 unspecified atom stereocenters. The van der Waals surface area contributed by atoms with E-state index in [1.807, 2.05) is 78.9 Å². The molecule has 0 spiro atoms. The van der Waals surface area contributed by atoms with Crippen LogP contribution in [0.1, 0.15) is 36.5 Å². The Morgan fingerprint density at radius 1 is 0.972 bits per heavy atom. The number of hydrogen-bond donors (Lipinski definition) is 1. The van der Waals surface area contributed by atoms with Crippen molar-refractivity contribution in [1.82, 2.24) is 10.2 Å².